The molecule has 3 aliphatic heterocycles. The minimum atomic E-state index is -0.000695. The van der Waals surface area contributed by atoms with E-state index >= 15 is 0 Å². The number of pyridine rings is 1. The van der Waals surface area contributed by atoms with Gasteiger partial charge in [0, 0.05) is 36.8 Å². The number of rotatable bonds is 2. The van der Waals surface area contributed by atoms with Crippen LogP contribution in [0.4, 0.5) is 0 Å². The second-order valence-electron chi connectivity index (χ2n) is 8.51. The molecule has 3 saturated heterocycles. The molecular weight excluding hydrogens is 374 g/mol. The molecule has 28 heavy (non-hydrogen) atoms. The Labute approximate surface area is 170 Å². The normalized spacial score (nSPS) is 30.3. The van der Waals surface area contributed by atoms with E-state index in [2.05, 4.69) is 9.88 Å². The van der Waals surface area contributed by atoms with E-state index in [9.17, 15) is 9.90 Å². The predicted octanol–water partition coefficient (Wildman–Crippen LogP) is 3.20. The third kappa shape index (κ3) is 2.92. The van der Waals surface area contributed by atoms with E-state index in [4.69, 9.17) is 11.6 Å². The molecule has 4 heterocycles. The monoisotopic (exact) mass is 399 g/mol. The molecule has 1 aromatic carbocycles. The Morgan fingerprint density at radius 2 is 2.07 bits per heavy atom. The van der Waals surface area contributed by atoms with Crippen molar-refractivity contribution in [3.63, 3.8) is 0 Å². The summed E-state index contributed by atoms with van der Waals surface area (Å²) >= 11 is 6.48. The molecule has 2 bridgehead atoms. The van der Waals surface area contributed by atoms with Gasteiger partial charge in [0.05, 0.1) is 22.7 Å². The van der Waals surface area contributed by atoms with Gasteiger partial charge in [-0.05, 0) is 55.8 Å². The smallest absolute Gasteiger partial charge is 0.256 e. The van der Waals surface area contributed by atoms with Crippen LogP contribution in [0.15, 0.2) is 30.5 Å². The summed E-state index contributed by atoms with van der Waals surface area (Å²) in [4.78, 5) is 22.5. The van der Waals surface area contributed by atoms with Crippen LogP contribution in [-0.2, 0) is 0 Å². The molecular formula is C22H26ClN3O2. The van der Waals surface area contributed by atoms with E-state index in [1.165, 1.54) is 19.3 Å². The largest absolute Gasteiger partial charge is 0.395 e. The van der Waals surface area contributed by atoms with Crippen molar-refractivity contribution >= 4 is 28.4 Å². The Morgan fingerprint density at radius 3 is 2.93 bits per heavy atom. The van der Waals surface area contributed by atoms with Crippen LogP contribution in [0.3, 0.4) is 0 Å². The Kier molecular flexibility index (Phi) is 4.77. The first-order valence-corrected chi connectivity index (χ1v) is 10.7. The number of benzene rings is 1. The van der Waals surface area contributed by atoms with E-state index in [0.29, 0.717) is 35.0 Å². The van der Waals surface area contributed by atoms with Crippen molar-refractivity contribution in [2.75, 3.05) is 26.2 Å². The molecule has 0 radical (unpaired) electrons. The third-order valence-corrected chi connectivity index (χ3v) is 7.36. The highest BCUT2D eigenvalue weighted by atomic mass is 35.5. The molecule has 4 atom stereocenters. The Hall–Kier alpha value is -1.69. The summed E-state index contributed by atoms with van der Waals surface area (Å²) in [6, 6.07) is 8.06. The van der Waals surface area contributed by atoms with Crippen molar-refractivity contribution in [2.24, 2.45) is 11.8 Å². The van der Waals surface area contributed by atoms with Gasteiger partial charge in [-0.15, -0.1) is 0 Å². The van der Waals surface area contributed by atoms with Crippen molar-refractivity contribution < 1.29 is 9.90 Å². The Balaban J connectivity index is 1.48. The fraction of sp³-hybridized carbons (Fsp3) is 0.545. The molecule has 148 valence electrons. The van der Waals surface area contributed by atoms with E-state index < -0.39 is 0 Å². The fourth-order valence-corrected chi connectivity index (χ4v) is 6.07. The van der Waals surface area contributed by atoms with Gasteiger partial charge in [-0.1, -0.05) is 24.1 Å². The fourth-order valence-electron chi connectivity index (χ4n) is 5.83. The topological polar surface area (TPSA) is 56.7 Å². The molecule has 1 N–H and O–H groups in total. The van der Waals surface area contributed by atoms with Crippen LogP contribution >= 0.6 is 11.6 Å². The van der Waals surface area contributed by atoms with Gasteiger partial charge < -0.3 is 10.0 Å². The van der Waals surface area contributed by atoms with Gasteiger partial charge in [0.2, 0.25) is 0 Å². The number of carbonyl (C=O) groups is 1. The van der Waals surface area contributed by atoms with Gasteiger partial charge in [-0.3, -0.25) is 14.7 Å². The molecule has 0 aliphatic carbocycles. The van der Waals surface area contributed by atoms with Gasteiger partial charge >= 0.3 is 0 Å². The highest BCUT2D eigenvalue weighted by molar-refractivity contribution is 6.35. The summed E-state index contributed by atoms with van der Waals surface area (Å²) in [6.07, 6.45) is 6.48. The van der Waals surface area contributed by atoms with Gasteiger partial charge in [0.1, 0.15) is 0 Å². The molecule has 5 nitrogen and oxygen atoms in total. The average molecular weight is 400 g/mol. The SMILES string of the molecule is O=C(c1c(Cl)ccc2ncccc12)N1C[C@H]2C[C@@H](C1)[C@H](CO)N1CCCC[C@@H]21. The number of piperidine rings is 3. The second-order valence-corrected chi connectivity index (χ2v) is 8.92. The lowest BCUT2D eigenvalue weighted by Crippen LogP contribution is -2.65. The maximum absolute atomic E-state index is 13.6. The van der Waals surface area contributed by atoms with Crippen LogP contribution < -0.4 is 0 Å². The summed E-state index contributed by atoms with van der Waals surface area (Å²) in [5.74, 6) is 0.811. The number of fused-ring (bicyclic) bond motifs is 5. The van der Waals surface area contributed by atoms with Crippen molar-refractivity contribution in [3.8, 4) is 0 Å². The van der Waals surface area contributed by atoms with E-state index in [1.807, 2.05) is 23.1 Å². The van der Waals surface area contributed by atoms with Crippen molar-refractivity contribution in [2.45, 2.75) is 37.8 Å². The minimum absolute atomic E-state index is 0.000695. The molecule has 5 rings (SSSR count). The first-order valence-electron chi connectivity index (χ1n) is 10.4. The van der Waals surface area contributed by atoms with Gasteiger partial charge in [-0.25, -0.2) is 0 Å². The first kappa shape index (κ1) is 18.3. The summed E-state index contributed by atoms with van der Waals surface area (Å²) < 4.78 is 0. The number of nitrogens with zero attached hydrogens (tertiary/aromatic N) is 3. The lowest BCUT2D eigenvalue weighted by Gasteiger charge is -2.56. The molecule has 3 aliphatic rings. The summed E-state index contributed by atoms with van der Waals surface area (Å²) in [7, 11) is 0. The molecule has 0 spiro atoms. The number of hydrogen-bond donors (Lipinski definition) is 1. The zero-order valence-electron chi connectivity index (χ0n) is 15.9. The van der Waals surface area contributed by atoms with Crippen LogP contribution in [0.25, 0.3) is 10.9 Å². The number of likely N-dealkylation sites (tertiary alicyclic amines) is 1. The van der Waals surface area contributed by atoms with Crippen molar-refractivity contribution in [1.29, 1.82) is 0 Å². The zero-order chi connectivity index (χ0) is 19.3. The molecule has 0 saturated carbocycles. The van der Waals surface area contributed by atoms with E-state index in [0.717, 1.165) is 30.4 Å². The standard InChI is InChI=1S/C22H26ClN3O2/c23-17-6-7-18-16(4-3-8-24-18)21(17)22(28)25-11-14-10-15(12-25)20(13-27)26-9-2-1-5-19(14)26/h3-4,6-8,14-15,19-20,27H,1-2,5,9-13H2/t14-,15+,19+,20+/m1/s1. The van der Waals surface area contributed by atoms with E-state index in [-0.39, 0.29) is 18.6 Å². The molecule has 2 aromatic rings. The van der Waals surface area contributed by atoms with Crippen molar-refractivity contribution in [3.05, 3.63) is 41.0 Å². The second kappa shape index (κ2) is 7.29. The number of amides is 1. The number of hydrogen-bond acceptors (Lipinski definition) is 4. The van der Waals surface area contributed by atoms with Crippen LogP contribution in [0.5, 0.6) is 0 Å². The summed E-state index contributed by atoms with van der Waals surface area (Å²) in [5.41, 5.74) is 1.35. The zero-order valence-corrected chi connectivity index (χ0v) is 16.7. The van der Waals surface area contributed by atoms with E-state index in [1.54, 1.807) is 12.3 Å². The molecule has 1 amide bonds. The number of aromatic nitrogens is 1. The predicted molar refractivity (Wildman–Crippen MR) is 109 cm³/mol. The van der Waals surface area contributed by atoms with Gasteiger partial charge in [-0.2, -0.15) is 0 Å². The Bertz CT molecular complexity index is 890. The minimum Gasteiger partial charge on any atom is -0.395 e. The third-order valence-electron chi connectivity index (χ3n) is 7.04. The number of aliphatic hydroxyl groups is 1. The van der Waals surface area contributed by atoms with Crippen molar-refractivity contribution in [1.82, 2.24) is 14.8 Å². The number of halogens is 1. The lowest BCUT2D eigenvalue weighted by molar-refractivity contribution is -0.0794. The highest BCUT2D eigenvalue weighted by Crippen LogP contribution is 2.41. The lowest BCUT2D eigenvalue weighted by atomic mass is 9.72. The van der Waals surface area contributed by atoms with Crippen LogP contribution in [-0.4, -0.2) is 64.1 Å². The first-order chi connectivity index (χ1) is 13.7. The maximum Gasteiger partial charge on any atom is 0.256 e. The average Bonchev–Trinajstić information content (AvgIpc) is 2.73. The van der Waals surface area contributed by atoms with Crippen LogP contribution in [0.2, 0.25) is 5.02 Å². The summed E-state index contributed by atoms with van der Waals surface area (Å²) in [6.45, 7) is 2.73. The number of carbonyl (C=O) groups excluding carboxylic acids is 1. The number of aliphatic hydroxyl groups excluding tert-OH is 1. The van der Waals surface area contributed by atoms with Gasteiger partial charge in [0.15, 0.2) is 0 Å². The highest BCUT2D eigenvalue weighted by Gasteiger charge is 2.47. The van der Waals surface area contributed by atoms with Crippen LogP contribution in [0.1, 0.15) is 36.0 Å². The Morgan fingerprint density at radius 1 is 1.21 bits per heavy atom. The molecule has 6 heteroatoms. The molecule has 3 fully saturated rings. The quantitative estimate of drug-likeness (QED) is 0.842. The maximum atomic E-state index is 13.6. The molecule has 0 unspecified atom stereocenters. The van der Waals surface area contributed by atoms with Gasteiger partial charge in [0.25, 0.3) is 5.91 Å². The van der Waals surface area contributed by atoms with Crippen LogP contribution in [0, 0.1) is 11.8 Å². The molecule has 1 aromatic heterocycles. The summed E-state index contributed by atoms with van der Waals surface area (Å²) in [5, 5.41) is 11.4.